The second-order valence-corrected chi connectivity index (χ2v) is 12.6. The molecule has 3 saturated carbocycles. The summed E-state index contributed by atoms with van der Waals surface area (Å²) in [7, 11) is 0. The van der Waals surface area contributed by atoms with Crippen LogP contribution < -0.4 is 5.73 Å². The summed E-state index contributed by atoms with van der Waals surface area (Å²) in [5, 5.41) is 24.1. The fourth-order valence-corrected chi connectivity index (χ4v) is 6.91. The minimum Gasteiger partial charge on any atom is -0.388 e. The maximum atomic E-state index is 14.5. The average Bonchev–Trinajstić information content (AvgIpc) is 2.72. The fourth-order valence-electron chi connectivity index (χ4n) is 6.91. The van der Waals surface area contributed by atoms with Crippen LogP contribution in [-0.4, -0.2) is 50.2 Å². The molecule has 34 heavy (non-hydrogen) atoms. The van der Waals surface area contributed by atoms with Crippen molar-refractivity contribution in [2.24, 2.45) is 23.0 Å². The molecule has 0 bridgehead atoms. The van der Waals surface area contributed by atoms with Crippen molar-refractivity contribution >= 4 is 11.8 Å². The average molecular weight is 479 g/mol. The first-order chi connectivity index (χ1) is 16.0. The highest BCUT2D eigenvalue weighted by atomic mass is 16.3. The lowest BCUT2D eigenvalue weighted by molar-refractivity contribution is -0.183. The summed E-state index contributed by atoms with van der Waals surface area (Å²) in [6.45, 7) is 8.51. The summed E-state index contributed by atoms with van der Waals surface area (Å²) in [5.41, 5.74) is 2.69. The fraction of sp³-hybridized carbons (Fsp3) is 0.929. The van der Waals surface area contributed by atoms with Gasteiger partial charge in [0.05, 0.1) is 23.3 Å². The first-order valence-electron chi connectivity index (χ1n) is 14.0. The summed E-state index contributed by atoms with van der Waals surface area (Å²) < 4.78 is 0. The first-order valence-corrected chi connectivity index (χ1v) is 14.0. The van der Waals surface area contributed by atoms with Crippen LogP contribution in [0.4, 0.5) is 0 Å². The molecule has 3 fully saturated rings. The molecule has 0 heterocycles. The molecule has 0 aliphatic heterocycles. The van der Waals surface area contributed by atoms with Gasteiger partial charge in [0.25, 0.3) is 0 Å². The minimum absolute atomic E-state index is 0.236. The molecule has 0 unspecified atom stereocenters. The van der Waals surface area contributed by atoms with Crippen molar-refractivity contribution in [1.82, 2.24) is 4.90 Å². The Morgan fingerprint density at radius 3 is 1.35 bits per heavy atom. The van der Waals surface area contributed by atoms with E-state index in [0.717, 1.165) is 44.9 Å². The topological polar surface area (TPSA) is 104 Å². The lowest BCUT2D eigenvalue weighted by Gasteiger charge is -2.56. The van der Waals surface area contributed by atoms with E-state index >= 15 is 0 Å². The van der Waals surface area contributed by atoms with Crippen LogP contribution in [0.5, 0.6) is 0 Å². The Balaban J connectivity index is 2.15. The van der Waals surface area contributed by atoms with Crippen LogP contribution in [0.25, 0.3) is 0 Å². The van der Waals surface area contributed by atoms with Gasteiger partial charge in [-0.1, -0.05) is 72.6 Å². The molecule has 6 heteroatoms. The number of nitrogens with two attached hydrogens (primary N) is 1. The summed E-state index contributed by atoms with van der Waals surface area (Å²) in [4.78, 5) is 29.1. The number of carbonyl (C=O) groups is 2. The van der Waals surface area contributed by atoms with Crippen LogP contribution in [0.15, 0.2) is 0 Å². The highest BCUT2D eigenvalue weighted by Gasteiger charge is 2.58. The van der Waals surface area contributed by atoms with E-state index in [1.807, 2.05) is 4.90 Å². The molecule has 0 aromatic carbocycles. The monoisotopic (exact) mass is 478 g/mol. The standard InChI is InChI=1S/C28H50N2O4/c1-20(2)18-22(27(33)14-7-5-8-15-27)30(25(32)26(24(29)31)12-11-13-26)23(19-21(3)4)28(34)16-9-6-10-17-28/h20-23,33-34H,5-19H2,1-4H3,(H2,29,31)/t22-,23-/m1/s1. The number of primary amides is 1. The quantitative estimate of drug-likeness (QED) is 0.396. The van der Waals surface area contributed by atoms with Gasteiger partial charge < -0.3 is 20.8 Å². The molecular formula is C28H50N2O4. The zero-order chi connectivity index (χ0) is 25.1. The number of hydrogen-bond donors (Lipinski definition) is 3. The molecule has 0 radical (unpaired) electrons. The van der Waals surface area contributed by atoms with Gasteiger partial charge in [0, 0.05) is 0 Å². The van der Waals surface area contributed by atoms with Crippen molar-refractivity contribution in [3.63, 3.8) is 0 Å². The van der Waals surface area contributed by atoms with Crippen LogP contribution in [0, 0.1) is 17.3 Å². The molecule has 3 rings (SSSR count). The predicted molar refractivity (Wildman–Crippen MR) is 135 cm³/mol. The van der Waals surface area contributed by atoms with Gasteiger partial charge in [0.1, 0.15) is 5.41 Å². The van der Waals surface area contributed by atoms with Gasteiger partial charge in [-0.05, 0) is 63.2 Å². The Morgan fingerprint density at radius 2 is 1.09 bits per heavy atom. The molecule has 3 aliphatic rings. The Bertz CT molecular complexity index is 665. The molecule has 0 saturated heterocycles. The Hall–Kier alpha value is -1.14. The zero-order valence-electron chi connectivity index (χ0n) is 22.2. The molecule has 0 aromatic heterocycles. The van der Waals surface area contributed by atoms with Crippen LogP contribution in [0.2, 0.25) is 0 Å². The number of hydrogen-bond acceptors (Lipinski definition) is 4. The third-order valence-electron chi connectivity index (χ3n) is 9.06. The smallest absolute Gasteiger partial charge is 0.238 e. The number of amides is 2. The van der Waals surface area contributed by atoms with E-state index in [1.54, 1.807) is 0 Å². The van der Waals surface area contributed by atoms with Gasteiger partial charge in [0.2, 0.25) is 11.8 Å². The second kappa shape index (κ2) is 10.9. The van der Waals surface area contributed by atoms with Crippen molar-refractivity contribution in [1.29, 1.82) is 0 Å². The largest absolute Gasteiger partial charge is 0.388 e. The molecule has 3 aliphatic carbocycles. The summed E-state index contributed by atoms with van der Waals surface area (Å²) in [6, 6.07) is -0.848. The van der Waals surface area contributed by atoms with Gasteiger partial charge in [-0.3, -0.25) is 9.59 Å². The Kier molecular flexibility index (Phi) is 8.77. The molecular weight excluding hydrogens is 428 g/mol. The van der Waals surface area contributed by atoms with Gasteiger partial charge in [0.15, 0.2) is 0 Å². The van der Waals surface area contributed by atoms with Crippen LogP contribution in [0.1, 0.15) is 124 Å². The number of carbonyl (C=O) groups excluding carboxylic acids is 2. The molecule has 6 nitrogen and oxygen atoms in total. The summed E-state index contributed by atoms with van der Waals surface area (Å²) in [5.74, 6) is -0.261. The number of nitrogens with zero attached hydrogens (tertiary/aromatic N) is 1. The predicted octanol–water partition coefficient (Wildman–Crippen LogP) is 4.69. The van der Waals surface area contributed by atoms with Gasteiger partial charge in [-0.15, -0.1) is 0 Å². The highest BCUT2D eigenvalue weighted by molar-refractivity contribution is 6.05. The van der Waals surface area contributed by atoms with Gasteiger partial charge in [-0.2, -0.15) is 0 Å². The molecule has 0 aromatic rings. The van der Waals surface area contributed by atoms with E-state index < -0.39 is 34.6 Å². The third kappa shape index (κ3) is 5.48. The molecule has 2 atom stereocenters. The third-order valence-corrected chi connectivity index (χ3v) is 9.06. The molecule has 0 spiro atoms. The van der Waals surface area contributed by atoms with Crippen molar-refractivity contribution in [3.05, 3.63) is 0 Å². The number of rotatable bonds is 10. The lowest BCUT2D eigenvalue weighted by atomic mass is 9.65. The lowest BCUT2D eigenvalue weighted by Crippen LogP contribution is -2.69. The molecule has 4 N–H and O–H groups in total. The first kappa shape index (κ1) is 27.4. The molecule has 196 valence electrons. The van der Waals surface area contributed by atoms with E-state index in [2.05, 4.69) is 27.7 Å². The van der Waals surface area contributed by atoms with Crippen molar-refractivity contribution in [2.45, 2.75) is 147 Å². The Morgan fingerprint density at radius 1 is 0.706 bits per heavy atom. The SMILES string of the molecule is CC(C)C[C@@H](N(C(=O)C1(C(N)=O)CCC1)[C@H](CC(C)C)C1(O)CCCCC1)C1(O)CCCCC1. The highest BCUT2D eigenvalue weighted by Crippen LogP contribution is 2.48. The summed E-state index contributed by atoms with van der Waals surface area (Å²) in [6.07, 6.45) is 11.6. The van der Waals surface area contributed by atoms with Crippen molar-refractivity contribution in [2.75, 3.05) is 0 Å². The van der Waals surface area contributed by atoms with Crippen LogP contribution >= 0.6 is 0 Å². The van der Waals surface area contributed by atoms with E-state index in [4.69, 9.17) is 5.73 Å². The number of aliphatic hydroxyl groups is 2. The maximum Gasteiger partial charge on any atom is 0.238 e. The minimum atomic E-state index is -1.19. The van der Waals surface area contributed by atoms with Crippen molar-refractivity contribution in [3.8, 4) is 0 Å². The summed E-state index contributed by atoms with van der Waals surface area (Å²) >= 11 is 0. The molecule has 2 amide bonds. The zero-order valence-corrected chi connectivity index (χ0v) is 22.2. The van der Waals surface area contributed by atoms with Gasteiger partial charge >= 0.3 is 0 Å². The van der Waals surface area contributed by atoms with E-state index in [-0.39, 0.29) is 17.7 Å². The normalized spacial score (nSPS) is 25.4. The van der Waals surface area contributed by atoms with Crippen LogP contribution in [-0.2, 0) is 9.59 Å². The van der Waals surface area contributed by atoms with Crippen molar-refractivity contribution < 1.29 is 19.8 Å². The van der Waals surface area contributed by atoms with E-state index in [1.165, 1.54) is 0 Å². The second-order valence-electron chi connectivity index (χ2n) is 12.6. The Labute approximate surface area is 207 Å². The maximum absolute atomic E-state index is 14.5. The van der Waals surface area contributed by atoms with E-state index in [9.17, 15) is 19.8 Å². The van der Waals surface area contributed by atoms with E-state index in [0.29, 0.717) is 51.4 Å². The van der Waals surface area contributed by atoms with Crippen LogP contribution in [0.3, 0.4) is 0 Å². The van der Waals surface area contributed by atoms with Gasteiger partial charge in [-0.25, -0.2) is 0 Å².